The van der Waals surface area contributed by atoms with Gasteiger partial charge in [0, 0.05) is 49.4 Å². The van der Waals surface area contributed by atoms with Gasteiger partial charge in [-0.2, -0.15) is 5.10 Å². The predicted octanol–water partition coefficient (Wildman–Crippen LogP) is 2.52. The molecule has 1 N–H and O–H groups in total. The number of nitrogens with zero attached hydrogens (tertiary/aromatic N) is 3. The van der Waals surface area contributed by atoms with Gasteiger partial charge in [0.05, 0.1) is 25.5 Å². The molecule has 3 rings (SSSR count). The Kier molecular flexibility index (Phi) is 6.21. The first-order chi connectivity index (χ1) is 11.4. The first-order valence-corrected chi connectivity index (χ1v) is 9.32. The van der Waals surface area contributed by atoms with E-state index in [4.69, 9.17) is 4.74 Å². The Bertz CT molecular complexity index is 563. The minimum absolute atomic E-state index is 0.435. The van der Waals surface area contributed by atoms with E-state index in [9.17, 15) is 0 Å². The van der Waals surface area contributed by atoms with Crippen LogP contribution in [0.15, 0.2) is 29.9 Å². The summed E-state index contributed by atoms with van der Waals surface area (Å²) >= 11 is 1.84. The van der Waals surface area contributed by atoms with E-state index < -0.39 is 0 Å². The maximum absolute atomic E-state index is 5.50. The molecule has 0 amide bonds. The molecule has 0 spiro atoms. The molecule has 2 aromatic heterocycles. The zero-order valence-corrected chi connectivity index (χ0v) is 14.6. The number of morpholine rings is 1. The van der Waals surface area contributed by atoms with Gasteiger partial charge < -0.3 is 10.1 Å². The van der Waals surface area contributed by atoms with Crippen molar-refractivity contribution in [3.05, 3.63) is 40.3 Å². The van der Waals surface area contributed by atoms with Crippen molar-refractivity contribution in [1.82, 2.24) is 20.0 Å². The van der Waals surface area contributed by atoms with Gasteiger partial charge in [0.1, 0.15) is 0 Å². The number of aryl methyl sites for hydroxylation is 1. The molecule has 6 heteroatoms. The van der Waals surface area contributed by atoms with Crippen molar-refractivity contribution in [2.45, 2.75) is 32.5 Å². The van der Waals surface area contributed by atoms with Gasteiger partial charge in [0.25, 0.3) is 0 Å². The fraction of sp³-hybridized carbons (Fsp3) is 0.588. The highest BCUT2D eigenvalue weighted by Gasteiger charge is 2.23. The molecule has 1 atom stereocenters. The average Bonchev–Trinajstić information content (AvgIpc) is 3.25. The van der Waals surface area contributed by atoms with E-state index in [0.29, 0.717) is 6.04 Å². The Hall–Kier alpha value is -1.21. The Morgan fingerprint density at radius 3 is 3.00 bits per heavy atom. The monoisotopic (exact) mass is 334 g/mol. The van der Waals surface area contributed by atoms with E-state index in [0.717, 1.165) is 52.4 Å². The van der Waals surface area contributed by atoms with Gasteiger partial charge in [-0.05, 0) is 17.9 Å². The molecule has 0 aliphatic carbocycles. The lowest BCUT2D eigenvalue weighted by Crippen LogP contribution is -2.42. The summed E-state index contributed by atoms with van der Waals surface area (Å²) < 4.78 is 7.52. The summed E-state index contributed by atoms with van der Waals surface area (Å²) in [5, 5.41) is 10.2. The lowest BCUT2D eigenvalue weighted by Gasteiger charge is -2.34. The van der Waals surface area contributed by atoms with Crippen LogP contribution in [-0.2, 0) is 17.8 Å². The molecule has 0 bridgehead atoms. The summed E-state index contributed by atoms with van der Waals surface area (Å²) in [4.78, 5) is 3.96. The Labute approximate surface area is 142 Å². The molecule has 0 radical (unpaired) electrons. The molecule has 0 aromatic carbocycles. The normalized spacial score (nSPS) is 17.4. The fourth-order valence-corrected chi connectivity index (χ4v) is 3.84. The molecule has 126 valence electrons. The predicted molar refractivity (Wildman–Crippen MR) is 93.7 cm³/mol. The quantitative estimate of drug-likeness (QED) is 0.805. The van der Waals surface area contributed by atoms with E-state index in [1.54, 1.807) is 0 Å². The van der Waals surface area contributed by atoms with Gasteiger partial charge in [0.2, 0.25) is 0 Å². The molecule has 1 fully saturated rings. The highest BCUT2D eigenvalue weighted by atomic mass is 32.1. The zero-order chi connectivity index (χ0) is 15.9. The second kappa shape index (κ2) is 8.59. The van der Waals surface area contributed by atoms with Crippen molar-refractivity contribution in [2.24, 2.45) is 0 Å². The Balaban J connectivity index is 1.55. The van der Waals surface area contributed by atoms with E-state index in [1.807, 2.05) is 22.2 Å². The van der Waals surface area contributed by atoms with Crippen LogP contribution in [-0.4, -0.2) is 47.5 Å². The van der Waals surface area contributed by atoms with Crippen LogP contribution in [0.3, 0.4) is 0 Å². The minimum Gasteiger partial charge on any atom is -0.379 e. The summed E-state index contributed by atoms with van der Waals surface area (Å²) in [6.07, 6.45) is 5.23. The third-order valence-corrected chi connectivity index (χ3v) is 5.14. The SMILES string of the molecule is CCCn1cc(CNCC(c2cccs2)N2CCOCC2)cn1. The number of hydrogen-bond acceptors (Lipinski definition) is 5. The number of rotatable bonds is 8. The van der Waals surface area contributed by atoms with Crippen LogP contribution in [0.25, 0.3) is 0 Å². The van der Waals surface area contributed by atoms with E-state index in [1.165, 1.54) is 10.4 Å². The molecule has 5 nitrogen and oxygen atoms in total. The number of aromatic nitrogens is 2. The zero-order valence-electron chi connectivity index (χ0n) is 13.8. The van der Waals surface area contributed by atoms with Gasteiger partial charge >= 0.3 is 0 Å². The minimum atomic E-state index is 0.435. The number of thiophene rings is 1. The van der Waals surface area contributed by atoms with Crippen LogP contribution in [0.2, 0.25) is 0 Å². The van der Waals surface area contributed by atoms with Crippen molar-refractivity contribution in [2.75, 3.05) is 32.8 Å². The van der Waals surface area contributed by atoms with Crippen LogP contribution >= 0.6 is 11.3 Å². The second-order valence-corrected chi connectivity index (χ2v) is 6.90. The average molecular weight is 334 g/mol. The topological polar surface area (TPSA) is 42.3 Å². The molecular formula is C17H26N4OS. The van der Waals surface area contributed by atoms with Crippen LogP contribution in [0.5, 0.6) is 0 Å². The van der Waals surface area contributed by atoms with Crippen molar-refractivity contribution in [3.8, 4) is 0 Å². The second-order valence-electron chi connectivity index (χ2n) is 5.92. The van der Waals surface area contributed by atoms with E-state index in [2.05, 4.69) is 45.9 Å². The van der Waals surface area contributed by atoms with Crippen LogP contribution in [0.1, 0.15) is 29.8 Å². The maximum Gasteiger partial charge on any atom is 0.0594 e. The van der Waals surface area contributed by atoms with Crippen molar-refractivity contribution < 1.29 is 4.74 Å². The van der Waals surface area contributed by atoms with Crippen LogP contribution < -0.4 is 5.32 Å². The molecule has 1 unspecified atom stereocenters. The van der Waals surface area contributed by atoms with Gasteiger partial charge in [-0.25, -0.2) is 0 Å². The highest BCUT2D eigenvalue weighted by Crippen LogP contribution is 2.25. The highest BCUT2D eigenvalue weighted by molar-refractivity contribution is 7.10. The van der Waals surface area contributed by atoms with E-state index >= 15 is 0 Å². The van der Waals surface area contributed by atoms with Gasteiger partial charge in [-0.3, -0.25) is 9.58 Å². The Morgan fingerprint density at radius 2 is 2.26 bits per heavy atom. The molecule has 23 heavy (non-hydrogen) atoms. The molecular weight excluding hydrogens is 308 g/mol. The van der Waals surface area contributed by atoms with Crippen LogP contribution in [0, 0.1) is 0 Å². The molecule has 1 saturated heterocycles. The summed E-state index contributed by atoms with van der Waals surface area (Å²) in [5.74, 6) is 0. The third kappa shape index (κ3) is 4.64. The lowest BCUT2D eigenvalue weighted by molar-refractivity contribution is 0.0168. The Morgan fingerprint density at radius 1 is 1.39 bits per heavy atom. The van der Waals surface area contributed by atoms with Crippen molar-refractivity contribution in [3.63, 3.8) is 0 Å². The van der Waals surface area contributed by atoms with Gasteiger partial charge in [-0.1, -0.05) is 13.0 Å². The third-order valence-electron chi connectivity index (χ3n) is 4.16. The molecule has 1 aliphatic heterocycles. The summed E-state index contributed by atoms with van der Waals surface area (Å²) in [5.41, 5.74) is 1.25. The van der Waals surface area contributed by atoms with Gasteiger partial charge in [0.15, 0.2) is 0 Å². The summed E-state index contributed by atoms with van der Waals surface area (Å²) in [6.45, 7) is 8.70. The largest absolute Gasteiger partial charge is 0.379 e. The number of nitrogens with one attached hydrogen (secondary N) is 1. The molecule has 0 saturated carbocycles. The van der Waals surface area contributed by atoms with Crippen molar-refractivity contribution in [1.29, 1.82) is 0 Å². The van der Waals surface area contributed by atoms with Gasteiger partial charge in [-0.15, -0.1) is 11.3 Å². The summed E-state index contributed by atoms with van der Waals surface area (Å²) in [6, 6.07) is 4.82. The number of ether oxygens (including phenoxy) is 1. The van der Waals surface area contributed by atoms with Crippen molar-refractivity contribution >= 4 is 11.3 Å². The number of hydrogen-bond donors (Lipinski definition) is 1. The smallest absolute Gasteiger partial charge is 0.0594 e. The van der Waals surface area contributed by atoms with E-state index in [-0.39, 0.29) is 0 Å². The van der Waals surface area contributed by atoms with Crippen LogP contribution in [0.4, 0.5) is 0 Å². The standard InChI is InChI=1S/C17H26N4OS/c1-2-5-21-14-15(12-19-21)11-18-13-16(17-4-3-10-23-17)20-6-8-22-9-7-20/h3-4,10,12,14,16,18H,2,5-9,11,13H2,1H3. The molecule has 2 aromatic rings. The molecule has 1 aliphatic rings. The molecule has 3 heterocycles. The lowest BCUT2D eigenvalue weighted by atomic mass is 10.2. The maximum atomic E-state index is 5.50. The first kappa shape index (κ1) is 16.6. The fourth-order valence-electron chi connectivity index (χ4n) is 2.98. The first-order valence-electron chi connectivity index (χ1n) is 8.44. The summed E-state index contributed by atoms with van der Waals surface area (Å²) in [7, 11) is 0.